The van der Waals surface area contributed by atoms with Gasteiger partial charge >= 0.3 is 0 Å². The van der Waals surface area contributed by atoms with Crippen LogP contribution in [0.4, 0.5) is 5.69 Å². The van der Waals surface area contributed by atoms with Gasteiger partial charge in [-0.1, -0.05) is 48.6 Å². The first-order valence-corrected chi connectivity index (χ1v) is 13.4. The van der Waals surface area contributed by atoms with Crippen LogP contribution in [0.5, 0.6) is 11.5 Å². The molecule has 4 aliphatic rings. The van der Waals surface area contributed by atoms with Gasteiger partial charge in [0.1, 0.15) is 0 Å². The van der Waals surface area contributed by atoms with E-state index in [1.54, 1.807) is 48.5 Å². The van der Waals surface area contributed by atoms with Gasteiger partial charge in [-0.25, -0.2) is 0 Å². The van der Waals surface area contributed by atoms with Crippen LogP contribution >= 0.6 is 15.9 Å². The number of phenols is 1. The van der Waals surface area contributed by atoms with E-state index >= 15 is 0 Å². The number of phenolic OH excluding ortho intramolecular Hbond substituents is 1. The van der Waals surface area contributed by atoms with E-state index in [1.807, 2.05) is 6.08 Å². The Balaban J connectivity index is 1.49. The number of aromatic hydroxyl groups is 1. The number of anilines is 1. The largest absolute Gasteiger partial charge is 0.504 e. The van der Waals surface area contributed by atoms with Crippen LogP contribution in [0.2, 0.25) is 0 Å². The highest BCUT2D eigenvalue weighted by molar-refractivity contribution is 9.12. The average molecular weight is 586 g/mol. The molecule has 2 amide bonds. The number of methoxy groups -OCH3 is 1. The Labute approximate surface area is 233 Å². The van der Waals surface area contributed by atoms with Gasteiger partial charge in [0.2, 0.25) is 11.8 Å². The van der Waals surface area contributed by atoms with E-state index in [9.17, 15) is 24.3 Å². The fourth-order valence-electron chi connectivity index (χ4n) is 6.51. The van der Waals surface area contributed by atoms with Crippen molar-refractivity contribution >= 4 is 51.1 Å². The molecule has 8 heteroatoms. The van der Waals surface area contributed by atoms with E-state index in [0.29, 0.717) is 28.8 Å². The van der Waals surface area contributed by atoms with Crippen molar-refractivity contribution in [1.82, 2.24) is 0 Å². The van der Waals surface area contributed by atoms with Gasteiger partial charge in [-0.3, -0.25) is 24.1 Å². The topological polar surface area (TPSA) is 101 Å². The highest BCUT2D eigenvalue weighted by Crippen LogP contribution is 2.57. The highest BCUT2D eigenvalue weighted by Gasteiger charge is 2.57. The summed E-state index contributed by atoms with van der Waals surface area (Å²) in [4.78, 5) is 55.4. The molecule has 0 aromatic heterocycles. The molecule has 1 fully saturated rings. The van der Waals surface area contributed by atoms with Crippen molar-refractivity contribution in [2.75, 3.05) is 12.0 Å². The van der Waals surface area contributed by atoms with Crippen LogP contribution in [0.3, 0.4) is 0 Å². The molecule has 0 spiro atoms. The fourth-order valence-corrected chi connectivity index (χ4v) is 6.96. The molecule has 196 valence electrons. The Kier molecular flexibility index (Phi) is 6.03. The second-order valence-electron chi connectivity index (χ2n) is 10.1. The number of para-hydroxylation sites is 1. The molecule has 7 nitrogen and oxygen atoms in total. The number of halogens is 1. The molecular formula is C31H24BrNO6. The number of amides is 2. The molecule has 0 bridgehead atoms. The third-order valence-corrected chi connectivity index (χ3v) is 8.87. The van der Waals surface area contributed by atoms with E-state index in [0.717, 1.165) is 11.1 Å². The molecule has 3 aliphatic carbocycles. The molecule has 6 rings (SSSR count). The number of rotatable bonds is 4. The predicted octanol–water partition coefficient (Wildman–Crippen LogP) is 5.01. The summed E-state index contributed by atoms with van der Waals surface area (Å²) >= 11 is 3.22. The molecular weight excluding hydrogens is 562 g/mol. The molecule has 1 heterocycles. The summed E-state index contributed by atoms with van der Waals surface area (Å²) in [6, 6.07) is 12.1. The molecule has 4 atom stereocenters. The van der Waals surface area contributed by atoms with Gasteiger partial charge in [-0.2, -0.15) is 0 Å². The lowest BCUT2D eigenvalue weighted by Gasteiger charge is -2.42. The van der Waals surface area contributed by atoms with Crippen LogP contribution in [0, 0.1) is 17.8 Å². The summed E-state index contributed by atoms with van der Waals surface area (Å²) in [6.07, 6.45) is 5.33. The second-order valence-corrected chi connectivity index (χ2v) is 11.0. The number of fused-ring (bicyclic) bond motifs is 3. The number of hydrogen-bond acceptors (Lipinski definition) is 6. The monoisotopic (exact) mass is 585 g/mol. The minimum atomic E-state index is -0.757. The summed E-state index contributed by atoms with van der Waals surface area (Å²) in [7, 11) is 1.44. The van der Waals surface area contributed by atoms with Crippen LogP contribution in [0.15, 0.2) is 82.4 Å². The molecule has 2 aromatic rings. The van der Waals surface area contributed by atoms with E-state index in [2.05, 4.69) is 22.5 Å². The number of Topliss-reactive ketones (excluding diaryl/α,β-unsaturated/α-hetero) is 1. The average Bonchev–Trinajstić information content (AvgIpc) is 3.20. The lowest BCUT2D eigenvalue weighted by molar-refractivity contribution is -0.123. The maximum atomic E-state index is 13.9. The first-order chi connectivity index (χ1) is 18.8. The van der Waals surface area contributed by atoms with Crippen molar-refractivity contribution in [1.29, 1.82) is 0 Å². The summed E-state index contributed by atoms with van der Waals surface area (Å²) in [6.45, 7) is 3.75. The van der Waals surface area contributed by atoms with Gasteiger partial charge in [0.15, 0.2) is 23.1 Å². The summed E-state index contributed by atoms with van der Waals surface area (Å²) in [5.74, 6) is -3.70. The van der Waals surface area contributed by atoms with Gasteiger partial charge in [0.05, 0.1) is 29.1 Å². The van der Waals surface area contributed by atoms with Gasteiger partial charge < -0.3 is 9.84 Å². The third-order valence-electron chi connectivity index (χ3n) is 8.28. The first-order valence-electron chi connectivity index (χ1n) is 12.6. The van der Waals surface area contributed by atoms with Crippen molar-refractivity contribution in [2.24, 2.45) is 17.8 Å². The number of carbonyl (C=O) groups is 4. The van der Waals surface area contributed by atoms with Crippen molar-refractivity contribution in [2.45, 2.75) is 18.8 Å². The van der Waals surface area contributed by atoms with E-state index in [1.165, 1.54) is 18.1 Å². The molecule has 0 unspecified atom stereocenters. The van der Waals surface area contributed by atoms with Crippen molar-refractivity contribution < 1.29 is 29.0 Å². The molecule has 1 saturated heterocycles. The van der Waals surface area contributed by atoms with Gasteiger partial charge in [-0.05, 0) is 58.5 Å². The quantitative estimate of drug-likeness (QED) is 0.307. The zero-order valence-corrected chi connectivity index (χ0v) is 22.6. The number of benzene rings is 2. The summed E-state index contributed by atoms with van der Waals surface area (Å²) < 4.78 is 5.48. The van der Waals surface area contributed by atoms with Crippen molar-refractivity contribution in [3.63, 3.8) is 0 Å². The summed E-state index contributed by atoms with van der Waals surface area (Å²) in [5.41, 5.74) is 3.12. The standard InChI is InChI=1S/C31H24BrNO6/c1-3-15-7-9-16(10-8-15)33-30(37)19-12-11-17-20(26(19)31(33)38)13-21-27(23(34)14-22(32)28(21)35)25(17)18-5-4-6-24(39-2)29(18)36/h3-11,14,19-20,25-26,36H,1,12-13H2,2H3/t19-,20+,25+,26-/m0/s1. The maximum absolute atomic E-state index is 13.9. The molecule has 0 radical (unpaired) electrons. The van der Waals surface area contributed by atoms with Crippen LogP contribution in [-0.2, 0) is 19.2 Å². The molecule has 39 heavy (non-hydrogen) atoms. The van der Waals surface area contributed by atoms with Crippen molar-refractivity contribution in [3.8, 4) is 11.5 Å². The highest BCUT2D eigenvalue weighted by atomic mass is 79.9. The Morgan fingerprint density at radius 2 is 1.79 bits per heavy atom. The molecule has 0 saturated carbocycles. The van der Waals surface area contributed by atoms with Crippen LogP contribution in [0.25, 0.3) is 6.08 Å². The zero-order valence-electron chi connectivity index (χ0n) is 21.0. The Morgan fingerprint density at radius 3 is 2.49 bits per heavy atom. The molecule has 2 aromatic carbocycles. The minimum Gasteiger partial charge on any atom is -0.504 e. The molecule has 1 N–H and O–H groups in total. The van der Waals surface area contributed by atoms with Gasteiger partial charge in [0.25, 0.3) is 0 Å². The number of allylic oxidation sites excluding steroid dienone is 6. The van der Waals surface area contributed by atoms with Crippen molar-refractivity contribution in [3.05, 3.63) is 93.5 Å². The SMILES string of the molecule is C=Cc1ccc(N2C(=O)[C@H]3[C@H](CC=C4[C@H](c5cccc(OC)c5O)C5=C(C[C@H]43)C(=O)C(Br)=CC5=O)C2=O)cc1. The summed E-state index contributed by atoms with van der Waals surface area (Å²) in [5, 5.41) is 11.1. The van der Waals surface area contributed by atoms with Crippen LogP contribution in [-0.4, -0.2) is 35.6 Å². The number of carbonyl (C=O) groups excluding carboxylic acids is 4. The van der Waals surface area contributed by atoms with Crippen LogP contribution in [0.1, 0.15) is 29.9 Å². The third kappa shape index (κ3) is 3.69. The number of ether oxygens (including phenoxy) is 1. The Morgan fingerprint density at radius 1 is 1.05 bits per heavy atom. The van der Waals surface area contributed by atoms with E-state index < -0.39 is 23.7 Å². The lowest BCUT2D eigenvalue weighted by atomic mass is 9.59. The number of nitrogens with zero attached hydrogens (tertiary/aromatic N) is 1. The smallest absolute Gasteiger partial charge is 0.238 e. The second kappa shape index (κ2) is 9.31. The fraction of sp³-hybridized carbons (Fsp3) is 0.226. The Hall–Kier alpha value is -4.04. The van der Waals surface area contributed by atoms with E-state index in [-0.39, 0.29) is 45.8 Å². The van der Waals surface area contributed by atoms with Crippen LogP contribution < -0.4 is 9.64 Å². The lowest BCUT2D eigenvalue weighted by Crippen LogP contribution is -2.39. The number of ketones is 2. The Bertz CT molecular complexity index is 1580. The van der Waals surface area contributed by atoms with Gasteiger partial charge in [0, 0.05) is 28.7 Å². The zero-order chi connectivity index (χ0) is 27.6. The molecule has 1 aliphatic heterocycles. The normalized spacial score (nSPS) is 26.1. The maximum Gasteiger partial charge on any atom is 0.238 e. The minimum absolute atomic E-state index is 0.132. The first kappa shape index (κ1) is 25.2. The van der Waals surface area contributed by atoms with E-state index in [4.69, 9.17) is 4.74 Å². The van der Waals surface area contributed by atoms with Gasteiger partial charge in [-0.15, -0.1) is 0 Å². The number of hydrogen-bond donors (Lipinski definition) is 1. The number of imide groups is 1. The predicted molar refractivity (Wildman–Crippen MR) is 148 cm³/mol.